The molecule has 1 aliphatic rings. The highest BCUT2D eigenvalue weighted by atomic mass is 35.5. The standard InChI is InChI=1S/C16H23N3O2.ClH/c17-14(13-6-2-1-3-7-13)10-16(21)19-8-4-5-12(11-19)9-15(18)20;/h1-3,6-7,12,14H,4-5,8-11,17H2,(H2,18,20);1H. The van der Waals surface area contributed by atoms with Crippen LogP contribution in [0, 0.1) is 5.92 Å². The minimum Gasteiger partial charge on any atom is -0.370 e. The van der Waals surface area contributed by atoms with E-state index >= 15 is 0 Å². The van der Waals surface area contributed by atoms with Crippen LogP contribution in [0.15, 0.2) is 30.3 Å². The van der Waals surface area contributed by atoms with E-state index in [1.807, 2.05) is 35.2 Å². The van der Waals surface area contributed by atoms with E-state index in [-0.39, 0.29) is 36.2 Å². The maximum absolute atomic E-state index is 12.3. The first kappa shape index (κ1) is 18.5. The lowest BCUT2D eigenvalue weighted by Crippen LogP contribution is -2.41. The maximum atomic E-state index is 12.3. The summed E-state index contributed by atoms with van der Waals surface area (Å²) in [7, 11) is 0. The summed E-state index contributed by atoms with van der Waals surface area (Å²) in [6.07, 6.45) is 2.53. The van der Waals surface area contributed by atoms with Gasteiger partial charge in [0, 0.05) is 32.0 Å². The number of likely N-dealkylation sites (tertiary alicyclic amines) is 1. The van der Waals surface area contributed by atoms with E-state index < -0.39 is 0 Å². The zero-order chi connectivity index (χ0) is 15.2. The van der Waals surface area contributed by atoms with Crippen molar-refractivity contribution in [1.82, 2.24) is 4.90 Å². The summed E-state index contributed by atoms with van der Waals surface area (Å²) >= 11 is 0. The van der Waals surface area contributed by atoms with Gasteiger partial charge in [0.1, 0.15) is 0 Å². The Morgan fingerprint density at radius 3 is 2.59 bits per heavy atom. The number of hydrogen-bond acceptors (Lipinski definition) is 3. The fourth-order valence-corrected chi connectivity index (χ4v) is 2.88. The summed E-state index contributed by atoms with van der Waals surface area (Å²) in [5.74, 6) is -0.0519. The predicted molar refractivity (Wildman–Crippen MR) is 88.4 cm³/mol. The van der Waals surface area contributed by atoms with Crippen molar-refractivity contribution in [2.45, 2.75) is 31.7 Å². The smallest absolute Gasteiger partial charge is 0.224 e. The van der Waals surface area contributed by atoms with Gasteiger partial charge in [-0.25, -0.2) is 0 Å². The summed E-state index contributed by atoms with van der Waals surface area (Å²) in [4.78, 5) is 25.2. The van der Waals surface area contributed by atoms with Crippen LogP contribution in [0.3, 0.4) is 0 Å². The molecule has 5 nitrogen and oxygen atoms in total. The molecule has 0 spiro atoms. The third-order valence-corrected chi connectivity index (χ3v) is 3.98. The van der Waals surface area contributed by atoms with Crippen LogP contribution >= 0.6 is 12.4 Å². The van der Waals surface area contributed by atoms with Crippen LogP contribution in [-0.4, -0.2) is 29.8 Å². The fourth-order valence-electron chi connectivity index (χ4n) is 2.88. The summed E-state index contributed by atoms with van der Waals surface area (Å²) < 4.78 is 0. The van der Waals surface area contributed by atoms with Gasteiger partial charge in [0.05, 0.1) is 0 Å². The van der Waals surface area contributed by atoms with Gasteiger partial charge >= 0.3 is 0 Å². The third-order valence-electron chi connectivity index (χ3n) is 3.98. The van der Waals surface area contributed by atoms with Crippen LogP contribution in [0.5, 0.6) is 0 Å². The Labute approximate surface area is 137 Å². The molecular weight excluding hydrogens is 302 g/mol. The Balaban J connectivity index is 0.00000242. The molecule has 1 aromatic carbocycles. The third kappa shape index (κ3) is 5.31. The number of nitrogens with zero attached hydrogens (tertiary/aromatic N) is 1. The molecule has 0 aliphatic carbocycles. The number of nitrogens with two attached hydrogens (primary N) is 2. The number of carbonyl (C=O) groups is 2. The molecule has 22 heavy (non-hydrogen) atoms. The highest BCUT2D eigenvalue weighted by Gasteiger charge is 2.25. The van der Waals surface area contributed by atoms with Crippen molar-refractivity contribution < 1.29 is 9.59 Å². The van der Waals surface area contributed by atoms with Gasteiger partial charge < -0.3 is 16.4 Å². The first-order valence-electron chi connectivity index (χ1n) is 7.43. The number of rotatable bonds is 5. The fraction of sp³-hybridized carbons (Fsp3) is 0.500. The van der Waals surface area contributed by atoms with Crippen LogP contribution in [0.1, 0.15) is 37.3 Å². The first-order chi connectivity index (χ1) is 10.1. The lowest BCUT2D eigenvalue weighted by Gasteiger charge is -2.33. The maximum Gasteiger partial charge on any atom is 0.224 e. The van der Waals surface area contributed by atoms with Gasteiger partial charge in [-0.05, 0) is 24.3 Å². The Morgan fingerprint density at radius 2 is 1.95 bits per heavy atom. The number of carbonyl (C=O) groups excluding carboxylic acids is 2. The van der Waals surface area contributed by atoms with Gasteiger partial charge in [0.25, 0.3) is 0 Å². The molecule has 0 bridgehead atoms. The minimum absolute atomic E-state index is 0. The first-order valence-corrected chi connectivity index (χ1v) is 7.43. The quantitative estimate of drug-likeness (QED) is 0.862. The molecular formula is C16H24ClN3O2. The zero-order valence-electron chi connectivity index (χ0n) is 12.6. The molecule has 2 amide bonds. The highest BCUT2D eigenvalue weighted by Crippen LogP contribution is 2.22. The molecule has 1 heterocycles. The number of benzene rings is 1. The Morgan fingerprint density at radius 1 is 1.27 bits per heavy atom. The number of halogens is 1. The molecule has 2 rings (SSSR count). The van der Waals surface area contributed by atoms with E-state index in [1.165, 1.54) is 0 Å². The second-order valence-electron chi connectivity index (χ2n) is 5.74. The van der Waals surface area contributed by atoms with Gasteiger partial charge in [-0.15, -0.1) is 12.4 Å². The Kier molecular flexibility index (Phi) is 7.35. The normalized spacial score (nSPS) is 19.1. The van der Waals surface area contributed by atoms with Crippen LogP contribution in [-0.2, 0) is 9.59 Å². The van der Waals surface area contributed by atoms with Crippen LogP contribution in [0.2, 0.25) is 0 Å². The second kappa shape index (κ2) is 8.76. The molecule has 2 unspecified atom stereocenters. The number of primary amides is 1. The van der Waals surface area contributed by atoms with Crippen molar-refractivity contribution in [3.8, 4) is 0 Å². The summed E-state index contributed by atoms with van der Waals surface area (Å²) in [5, 5.41) is 0. The number of amides is 2. The minimum atomic E-state index is -0.296. The van der Waals surface area contributed by atoms with Crippen molar-refractivity contribution in [2.24, 2.45) is 17.4 Å². The molecule has 122 valence electrons. The number of hydrogen-bond donors (Lipinski definition) is 2. The van der Waals surface area contributed by atoms with Gasteiger partial charge in [-0.3, -0.25) is 9.59 Å². The topological polar surface area (TPSA) is 89.4 Å². The summed E-state index contributed by atoms with van der Waals surface area (Å²) in [6, 6.07) is 9.35. The van der Waals surface area contributed by atoms with E-state index in [0.717, 1.165) is 24.9 Å². The molecule has 0 radical (unpaired) electrons. The molecule has 4 N–H and O–H groups in total. The monoisotopic (exact) mass is 325 g/mol. The average molecular weight is 326 g/mol. The van der Waals surface area contributed by atoms with Gasteiger partial charge in [0.2, 0.25) is 11.8 Å². The van der Waals surface area contributed by atoms with E-state index in [9.17, 15) is 9.59 Å². The van der Waals surface area contributed by atoms with Crippen LogP contribution in [0.25, 0.3) is 0 Å². The van der Waals surface area contributed by atoms with Crippen LogP contribution in [0.4, 0.5) is 0 Å². The largest absolute Gasteiger partial charge is 0.370 e. The molecule has 1 aliphatic heterocycles. The molecule has 2 atom stereocenters. The van der Waals surface area contributed by atoms with Gasteiger partial charge in [-0.2, -0.15) is 0 Å². The van der Waals surface area contributed by atoms with E-state index in [2.05, 4.69) is 0 Å². The molecule has 1 fully saturated rings. The predicted octanol–water partition coefficient (Wildman–Crippen LogP) is 1.61. The summed E-state index contributed by atoms with van der Waals surface area (Å²) in [5.41, 5.74) is 12.3. The van der Waals surface area contributed by atoms with Crippen molar-refractivity contribution in [2.75, 3.05) is 13.1 Å². The Hall–Kier alpha value is -1.59. The SMILES string of the molecule is Cl.NC(=O)CC1CCCN(C(=O)CC(N)c2ccccc2)C1. The lowest BCUT2D eigenvalue weighted by molar-refractivity contribution is -0.134. The van der Waals surface area contributed by atoms with Crippen LogP contribution < -0.4 is 11.5 Å². The van der Waals surface area contributed by atoms with Crippen molar-refractivity contribution >= 4 is 24.2 Å². The van der Waals surface area contributed by atoms with E-state index in [1.54, 1.807) is 0 Å². The second-order valence-corrected chi connectivity index (χ2v) is 5.74. The molecule has 1 aromatic rings. The zero-order valence-corrected chi connectivity index (χ0v) is 13.4. The van der Waals surface area contributed by atoms with Gasteiger partial charge in [-0.1, -0.05) is 30.3 Å². The molecule has 0 saturated carbocycles. The molecule has 6 heteroatoms. The van der Waals surface area contributed by atoms with Gasteiger partial charge in [0.15, 0.2) is 0 Å². The number of piperidine rings is 1. The van der Waals surface area contributed by atoms with Crippen molar-refractivity contribution in [3.05, 3.63) is 35.9 Å². The Bertz CT molecular complexity index is 495. The lowest BCUT2D eigenvalue weighted by atomic mass is 9.94. The van der Waals surface area contributed by atoms with E-state index in [0.29, 0.717) is 19.4 Å². The summed E-state index contributed by atoms with van der Waals surface area (Å²) in [6.45, 7) is 1.36. The van der Waals surface area contributed by atoms with Crippen molar-refractivity contribution in [3.63, 3.8) is 0 Å². The highest BCUT2D eigenvalue weighted by molar-refractivity contribution is 5.85. The molecule has 0 aromatic heterocycles. The average Bonchev–Trinajstić information content (AvgIpc) is 2.47. The van der Waals surface area contributed by atoms with Crippen molar-refractivity contribution in [1.29, 1.82) is 0 Å². The van der Waals surface area contributed by atoms with E-state index in [4.69, 9.17) is 11.5 Å². The molecule has 1 saturated heterocycles.